The highest BCUT2D eigenvalue weighted by atomic mass is 16.5. The third-order valence-corrected chi connectivity index (χ3v) is 2.32. The Labute approximate surface area is 103 Å². The van der Waals surface area contributed by atoms with Crippen molar-refractivity contribution in [3.8, 4) is 0 Å². The molecule has 1 aromatic heterocycles. The molecule has 0 radical (unpaired) electrons. The van der Waals surface area contributed by atoms with Gasteiger partial charge < -0.3 is 15.4 Å². The van der Waals surface area contributed by atoms with Crippen molar-refractivity contribution in [2.75, 3.05) is 30.8 Å². The molecule has 1 aromatic rings. The highest BCUT2D eigenvalue weighted by Gasteiger charge is 2.17. The Balaban J connectivity index is 2.65. The maximum Gasteiger partial charge on any atom is 0.131 e. The number of nitrogens with one attached hydrogen (secondary N) is 2. The van der Waals surface area contributed by atoms with E-state index in [0.29, 0.717) is 13.2 Å². The number of ether oxygens (including phenoxy) is 1. The summed E-state index contributed by atoms with van der Waals surface area (Å²) < 4.78 is 5.62. The Hall–Kier alpha value is -1.36. The predicted molar refractivity (Wildman–Crippen MR) is 70.5 cm³/mol. The van der Waals surface area contributed by atoms with Gasteiger partial charge in [-0.3, -0.25) is 0 Å². The van der Waals surface area contributed by atoms with Gasteiger partial charge in [-0.15, -0.1) is 0 Å². The van der Waals surface area contributed by atoms with E-state index in [4.69, 9.17) is 4.74 Å². The molecule has 0 aliphatic carbocycles. The van der Waals surface area contributed by atoms with Gasteiger partial charge in [0, 0.05) is 26.3 Å². The molecule has 0 saturated carbocycles. The van der Waals surface area contributed by atoms with Gasteiger partial charge >= 0.3 is 0 Å². The molecule has 1 heterocycles. The molecule has 0 aliphatic rings. The lowest BCUT2D eigenvalue weighted by Crippen LogP contribution is -2.33. The molecule has 5 nitrogen and oxygen atoms in total. The maximum atomic E-state index is 5.62. The average molecular weight is 238 g/mol. The number of rotatable bonds is 6. The van der Waals surface area contributed by atoms with Crippen molar-refractivity contribution >= 4 is 11.6 Å². The minimum absolute atomic E-state index is 0.201. The van der Waals surface area contributed by atoms with E-state index >= 15 is 0 Å². The van der Waals surface area contributed by atoms with Crippen molar-refractivity contribution in [1.29, 1.82) is 0 Å². The van der Waals surface area contributed by atoms with E-state index < -0.39 is 0 Å². The summed E-state index contributed by atoms with van der Waals surface area (Å²) in [6.07, 6.45) is 0. The largest absolute Gasteiger partial charge is 0.374 e. The van der Waals surface area contributed by atoms with Crippen LogP contribution in [0.25, 0.3) is 0 Å². The monoisotopic (exact) mass is 238 g/mol. The Bertz CT molecular complexity index is 366. The Kier molecular flexibility index (Phi) is 4.69. The van der Waals surface area contributed by atoms with E-state index in [0.717, 1.165) is 17.5 Å². The molecule has 5 heteroatoms. The van der Waals surface area contributed by atoms with Crippen LogP contribution in [0.15, 0.2) is 6.07 Å². The summed E-state index contributed by atoms with van der Waals surface area (Å²) in [6.45, 7) is 9.39. The summed E-state index contributed by atoms with van der Waals surface area (Å²) in [5, 5.41) is 6.28. The number of aryl methyl sites for hydroxylation is 1. The first-order valence-electron chi connectivity index (χ1n) is 5.88. The van der Waals surface area contributed by atoms with Gasteiger partial charge in [-0.05, 0) is 27.7 Å². The average Bonchev–Trinajstić information content (AvgIpc) is 2.26. The summed E-state index contributed by atoms with van der Waals surface area (Å²) in [5.41, 5.74) is -0.201. The first kappa shape index (κ1) is 13.7. The molecule has 2 N–H and O–H groups in total. The van der Waals surface area contributed by atoms with Crippen LogP contribution in [-0.4, -0.2) is 35.8 Å². The van der Waals surface area contributed by atoms with Gasteiger partial charge in [0.25, 0.3) is 0 Å². The van der Waals surface area contributed by atoms with Gasteiger partial charge in [-0.1, -0.05) is 0 Å². The zero-order valence-corrected chi connectivity index (χ0v) is 11.3. The van der Waals surface area contributed by atoms with Crippen molar-refractivity contribution in [3.05, 3.63) is 11.9 Å². The number of anilines is 2. The van der Waals surface area contributed by atoms with E-state index in [2.05, 4.69) is 34.4 Å². The molecule has 0 spiro atoms. The lowest BCUT2D eigenvalue weighted by Gasteiger charge is -2.25. The van der Waals surface area contributed by atoms with Crippen LogP contribution in [0.1, 0.15) is 26.6 Å². The molecular formula is C12H22N4O. The number of hydrogen-bond acceptors (Lipinski definition) is 5. The minimum atomic E-state index is -0.201. The van der Waals surface area contributed by atoms with Crippen molar-refractivity contribution in [2.45, 2.75) is 33.3 Å². The zero-order chi connectivity index (χ0) is 12.9. The molecule has 0 aliphatic heterocycles. The maximum absolute atomic E-state index is 5.62. The van der Waals surface area contributed by atoms with Crippen LogP contribution in [0.3, 0.4) is 0 Å². The zero-order valence-electron chi connectivity index (χ0n) is 11.3. The molecule has 0 atom stereocenters. The first-order chi connectivity index (χ1) is 7.96. The van der Waals surface area contributed by atoms with E-state index in [-0.39, 0.29) is 5.60 Å². The molecule has 0 amide bonds. The Morgan fingerprint density at radius 2 is 1.94 bits per heavy atom. The van der Waals surface area contributed by atoms with Gasteiger partial charge in [-0.25, -0.2) is 9.97 Å². The summed E-state index contributed by atoms with van der Waals surface area (Å²) in [4.78, 5) is 8.57. The van der Waals surface area contributed by atoms with Crippen LogP contribution in [0.4, 0.5) is 11.6 Å². The predicted octanol–water partition coefficient (Wildman–Crippen LogP) is 2.05. The number of aromatic nitrogens is 2. The molecule has 0 saturated heterocycles. The van der Waals surface area contributed by atoms with Crippen LogP contribution < -0.4 is 10.6 Å². The summed E-state index contributed by atoms with van der Waals surface area (Å²) in [6, 6.07) is 1.88. The lowest BCUT2D eigenvalue weighted by molar-refractivity contribution is 0.000638. The summed E-state index contributed by atoms with van der Waals surface area (Å²) in [7, 11) is 1.84. The van der Waals surface area contributed by atoms with Crippen molar-refractivity contribution in [3.63, 3.8) is 0 Å². The first-order valence-corrected chi connectivity index (χ1v) is 5.88. The van der Waals surface area contributed by atoms with E-state index in [1.165, 1.54) is 0 Å². The van der Waals surface area contributed by atoms with Crippen LogP contribution in [0.5, 0.6) is 0 Å². The van der Waals surface area contributed by atoms with Crippen LogP contribution in [-0.2, 0) is 4.74 Å². The molecule has 96 valence electrons. The molecule has 0 aromatic carbocycles. The fourth-order valence-electron chi connectivity index (χ4n) is 1.53. The topological polar surface area (TPSA) is 59.1 Å². The standard InChI is InChI=1S/C12H22N4O/c1-6-17-12(3,4)8-14-11-7-10(13-5)15-9(2)16-11/h7H,6,8H2,1-5H3,(H2,13,14,15,16). The fraction of sp³-hybridized carbons (Fsp3) is 0.667. The molecule has 0 unspecified atom stereocenters. The summed E-state index contributed by atoms with van der Waals surface area (Å²) >= 11 is 0. The molecule has 0 fully saturated rings. The second kappa shape index (κ2) is 5.82. The molecule has 17 heavy (non-hydrogen) atoms. The van der Waals surface area contributed by atoms with Gasteiger partial charge in [0.15, 0.2) is 0 Å². The molecule has 0 bridgehead atoms. The Morgan fingerprint density at radius 3 is 2.53 bits per heavy atom. The van der Waals surface area contributed by atoms with Crippen molar-refractivity contribution in [2.24, 2.45) is 0 Å². The third-order valence-electron chi connectivity index (χ3n) is 2.32. The summed E-state index contributed by atoms with van der Waals surface area (Å²) in [5.74, 6) is 2.37. The Morgan fingerprint density at radius 1 is 1.29 bits per heavy atom. The number of hydrogen-bond donors (Lipinski definition) is 2. The second-order valence-corrected chi connectivity index (χ2v) is 4.48. The van der Waals surface area contributed by atoms with Crippen LogP contribution in [0.2, 0.25) is 0 Å². The third kappa shape index (κ3) is 4.56. The van der Waals surface area contributed by atoms with Crippen LogP contribution in [0, 0.1) is 6.92 Å². The quantitative estimate of drug-likeness (QED) is 0.794. The van der Waals surface area contributed by atoms with Gasteiger partial charge in [0.1, 0.15) is 17.5 Å². The minimum Gasteiger partial charge on any atom is -0.374 e. The van der Waals surface area contributed by atoms with Gasteiger partial charge in [0.05, 0.1) is 5.60 Å². The van der Waals surface area contributed by atoms with Gasteiger partial charge in [0.2, 0.25) is 0 Å². The number of nitrogens with zero attached hydrogens (tertiary/aromatic N) is 2. The normalized spacial score (nSPS) is 11.4. The fourth-order valence-corrected chi connectivity index (χ4v) is 1.53. The SMILES string of the molecule is CCOC(C)(C)CNc1cc(NC)nc(C)n1. The van der Waals surface area contributed by atoms with E-state index in [1.807, 2.05) is 27.0 Å². The lowest BCUT2D eigenvalue weighted by atomic mass is 10.1. The van der Waals surface area contributed by atoms with E-state index in [9.17, 15) is 0 Å². The van der Waals surface area contributed by atoms with Crippen molar-refractivity contribution < 1.29 is 4.74 Å². The van der Waals surface area contributed by atoms with Crippen LogP contribution >= 0.6 is 0 Å². The van der Waals surface area contributed by atoms with E-state index in [1.54, 1.807) is 0 Å². The highest BCUT2D eigenvalue weighted by molar-refractivity contribution is 5.47. The second-order valence-electron chi connectivity index (χ2n) is 4.48. The van der Waals surface area contributed by atoms with Gasteiger partial charge in [-0.2, -0.15) is 0 Å². The molecular weight excluding hydrogens is 216 g/mol. The van der Waals surface area contributed by atoms with Crippen molar-refractivity contribution in [1.82, 2.24) is 9.97 Å². The highest BCUT2D eigenvalue weighted by Crippen LogP contribution is 2.14. The smallest absolute Gasteiger partial charge is 0.131 e. The molecule has 1 rings (SSSR count).